The Hall–Kier alpha value is -2.24. The smallest absolute Gasteiger partial charge is 0.276 e. The van der Waals surface area contributed by atoms with Gasteiger partial charge >= 0.3 is 6.03 Å². The molecule has 1 saturated carbocycles. The molecule has 2 fully saturated rings. The first-order valence-corrected chi connectivity index (χ1v) is 7.00. The van der Waals surface area contributed by atoms with Crippen LogP contribution in [0.5, 0.6) is 0 Å². The van der Waals surface area contributed by atoms with Crippen molar-refractivity contribution in [3.63, 3.8) is 0 Å². The summed E-state index contributed by atoms with van der Waals surface area (Å²) in [5.41, 5.74) is -0.878. The van der Waals surface area contributed by atoms with Gasteiger partial charge in [-0.15, -0.1) is 0 Å². The van der Waals surface area contributed by atoms with Crippen molar-refractivity contribution in [3.05, 3.63) is 30.1 Å². The normalized spacial score (nSPS) is 21.6. The van der Waals surface area contributed by atoms with Crippen molar-refractivity contribution in [1.29, 1.82) is 0 Å². The highest BCUT2D eigenvalue weighted by Crippen LogP contribution is 2.41. The van der Waals surface area contributed by atoms with Crippen LogP contribution in [-0.2, 0) is 9.59 Å². The van der Waals surface area contributed by atoms with Crippen LogP contribution in [0, 0.1) is 11.2 Å². The lowest BCUT2D eigenvalue weighted by atomic mass is 9.71. The fourth-order valence-corrected chi connectivity index (χ4v) is 3.10. The van der Waals surface area contributed by atoms with Crippen molar-refractivity contribution in [3.8, 4) is 0 Å². The van der Waals surface area contributed by atoms with E-state index in [2.05, 4.69) is 5.32 Å². The quantitative estimate of drug-likeness (QED) is 0.807. The minimum Gasteiger partial charge on any atom is -0.276 e. The molecule has 1 aliphatic carbocycles. The van der Waals surface area contributed by atoms with Crippen LogP contribution in [0.15, 0.2) is 24.3 Å². The van der Waals surface area contributed by atoms with Gasteiger partial charge in [-0.3, -0.25) is 14.9 Å². The van der Waals surface area contributed by atoms with E-state index in [0.29, 0.717) is 12.8 Å². The second-order valence-electron chi connectivity index (χ2n) is 5.52. The summed E-state index contributed by atoms with van der Waals surface area (Å²) in [6, 6.07) is 4.31. The number of amides is 4. The summed E-state index contributed by atoms with van der Waals surface area (Å²) in [4.78, 5) is 37.9. The number of hydrogen-bond acceptors (Lipinski definition) is 3. The molecule has 21 heavy (non-hydrogen) atoms. The standard InChI is InChI=1S/C15H15FN2O3/c16-10-4-6-11(7-5-10)18-13(20)15(8-2-1-3-9-15)12(19)17-14(18)21/h4-7H,1-3,8-9H2,(H,17,19,21). The first-order chi connectivity index (χ1) is 10.0. The lowest BCUT2D eigenvalue weighted by Crippen LogP contribution is -2.64. The number of imide groups is 2. The maximum absolute atomic E-state index is 13.0. The Kier molecular flexibility index (Phi) is 3.23. The zero-order chi connectivity index (χ0) is 15.0. The topological polar surface area (TPSA) is 66.5 Å². The van der Waals surface area contributed by atoms with Gasteiger partial charge in [-0.25, -0.2) is 14.1 Å². The van der Waals surface area contributed by atoms with Gasteiger partial charge in [0.2, 0.25) is 5.91 Å². The van der Waals surface area contributed by atoms with Crippen LogP contribution in [0.25, 0.3) is 0 Å². The highest BCUT2D eigenvalue weighted by Gasteiger charge is 2.54. The molecule has 0 aromatic heterocycles. The van der Waals surface area contributed by atoms with Crippen molar-refractivity contribution in [2.24, 2.45) is 5.41 Å². The minimum atomic E-state index is -1.15. The van der Waals surface area contributed by atoms with E-state index in [4.69, 9.17) is 0 Å². The summed E-state index contributed by atoms with van der Waals surface area (Å²) >= 11 is 0. The Morgan fingerprint density at radius 1 is 1.00 bits per heavy atom. The molecule has 1 N–H and O–H groups in total. The maximum Gasteiger partial charge on any atom is 0.335 e. The van der Waals surface area contributed by atoms with Crippen molar-refractivity contribution in [2.45, 2.75) is 32.1 Å². The predicted octanol–water partition coefficient (Wildman–Crippen LogP) is 2.36. The molecule has 1 saturated heterocycles. The molecule has 0 unspecified atom stereocenters. The summed E-state index contributed by atoms with van der Waals surface area (Å²) in [5.74, 6) is -1.45. The third-order valence-corrected chi connectivity index (χ3v) is 4.26. The maximum atomic E-state index is 13.0. The number of carbonyl (C=O) groups is 3. The molecular formula is C15H15FN2O3. The summed E-state index contributed by atoms with van der Waals surface area (Å²) in [7, 11) is 0. The van der Waals surface area contributed by atoms with Crippen LogP contribution >= 0.6 is 0 Å². The third-order valence-electron chi connectivity index (χ3n) is 4.26. The largest absolute Gasteiger partial charge is 0.335 e. The number of nitrogens with one attached hydrogen (secondary N) is 1. The van der Waals surface area contributed by atoms with E-state index < -0.39 is 29.1 Å². The second-order valence-corrected chi connectivity index (χ2v) is 5.52. The van der Waals surface area contributed by atoms with E-state index in [1.165, 1.54) is 24.3 Å². The predicted molar refractivity (Wildman–Crippen MR) is 72.9 cm³/mol. The number of benzene rings is 1. The average molecular weight is 290 g/mol. The van der Waals surface area contributed by atoms with Crippen LogP contribution in [0.2, 0.25) is 0 Å². The van der Waals surface area contributed by atoms with Crippen molar-refractivity contribution < 1.29 is 18.8 Å². The number of hydrogen-bond donors (Lipinski definition) is 1. The van der Waals surface area contributed by atoms with Gasteiger partial charge in [0, 0.05) is 0 Å². The summed E-state index contributed by atoms with van der Waals surface area (Å²) in [5, 5.41) is 2.27. The zero-order valence-corrected chi connectivity index (χ0v) is 11.4. The molecule has 0 atom stereocenters. The molecule has 1 heterocycles. The molecule has 3 rings (SSSR count). The highest BCUT2D eigenvalue weighted by atomic mass is 19.1. The van der Waals surface area contributed by atoms with Gasteiger partial charge in [0.15, 0.2) is 0 Å². The van der Waals surface area contributed by atoms with Crippen molar-refractivity contribution in [1.82, 2.24) is 5.32 Å². The monoisotopic (exact) mass is 290 g/mol. The first-order valence-electron chi connectivity index (χ1n) is 7.00. The molecule has 0 radical (unpaired) electrons. The fraction of sp³-hybridized carbons (Fsp3) is 0.400. The molecule has 1 spiro atoms. The number of carbonyl (C=O) groups excluding carboxylic acids is 3. The second kappa shape index (κ2) is 4.95. The van der Waals surface area contributed by atoms with Gasteiger partial charge in [-0.1, -0.05) is 19.3 Å². The van der Waals surface area contributed by atoms with Crippen LogP contribution in [0.4, 0.5) is 14.9 Å². The van der Waals surface area contributed by atoms with Crippen LogP contribution in [0.3, 0.4) is 0 Å². The molecule has 1 aromatic rings. The zero-order valence-electron chi connectivity index (χ0n) is 11.4. The molecule has 1 aromatic carbocycles. The summed E-state index contributed by atoms with van der Waals surface area (Å²) in [6.07, 6.45) is 3.44. The fourth-order valence-electron chi connectivity index (χ4n) is 3.10. The molecule has 110 valence electrons. The van der Waals surface area contributed by atoms with E-state index in [-0.39, 0.29) is 5.69 Å². The first kappa shape index (κ1) is 13.7. The molecule has 4 amide bonds. The summed E-state index contributed by atoms with van der Waals surface area (Å²) < 4.78 is 13.0. The Morgan fingerprint density at radius 3 is 2.24 bits per heavy atom. The Balaban J connectivity index is 2.00. The molecule has 6 heteroatoms. The minimum absolute atomic E-state index is 0.274. The highest BCUT2D eigenvalue weighted by molar-refractivity contribution is 6.29. The number of nitrogens with zero attached hydrogens (tertiary/aromatic N) is 1. The van der Waals surface area contributed by atoms with Gasteiger partial charge in [0.1, 0.15) is 11.2 Å². The SMILES string of the molecule is O=C1NC(=O)C2(CCCCC2)C(=O)N1c1ccc(F)cc1. The lowest BCUT2D eigenvalue weighted by Gasteiger charge is -2.41. The van der Waals surface area contributed by atoms with Gasteiger partial charge in [0.25, 0.3) is 5.91 Å². The third kappa shape index (κ3) is 2.11. The van der Waals surface area contributed by atoms with Gasteiger partial charge < -0.3 is 0 Å². The van der Waals surface area contributed by atoms with E-state index in [1.54, 1.807) is 0 Å². The molecular weight excluding hydrogens is 275 g/mol. The average Bonchev–Trinajstić information content (AvgIpc) is 2.48. The van der Waals surface area contributed by atoms with E-state index in [9.17, 15) is 18.8 Å². The van der Waals surface area contributed by atoms with Gasteiger partial charge in [-0.05, 0) is 37.1 Å². The van der Waals surface area contributed by atoms with Gasteiger partial charge in [-0.2, -0.15) is 0 Å². The van der Waals surface area contributed by atoms with E-state index in [0.717, 1.165) is 24.2 Å². The molecule has 2 aliphatic rings. The summed E-state index contributed by atoms with van der Waals surface area (Å²) in [6.45, 7) is 0. The van der Waals surface area contributed by atoms with Crippen molar-refractivity contribution in [2.75, 3.05) is 4.90 Å². The Morgan fingerprint density at radius 2 is 1.62 bits per heavy atom. The van der Waals surface area contributed by atoms with E-state index >= 15 is 0 Å². The lowest BCUT2D eigenvalue weighted by molar-refractivity contribution is -0.144. The molecule has 1 aliphatic heterocycles. The van der Waals surface area contributed by atoms with Crippen LogP contribution in [0.1, 0.15) is 32.1 Å². The van der Waals surface area contributed by atoms with Gasteiger partial charge in [0.05, 0.1) is 5.69 Å². The molecule has 0 bridgehead atoms. The van der Waals surface area contributed by atoms with Crippen molar-refractivity contribution >= 4 is 23.5 Å². The van der Waals surface area contributed by atoms with Crippen LogP contribution < -0.4 is 10.2 Å². The Labute approximate surface area is 121 Å². The number of halogens is 1. The molecule has 5 nitrogen and oxygen atoms in total. The Bertz CT molecular complexity index is 606. The van der Waals surface area contributed by atoms with Crippen LogP contribution in [-0.4, -0.2) is 17.8 Å². The van der Waals surface area contributed by atoms with E-state index in [1.807, 2.05) is 0 Å². The number of rotatable bonds is 1. The number of barbiturate groups is 1. The number of anilines is 1. The number of urea groups is 1.